The Bertz CT molecular complexity index is 311. The quantitative estimate of drug-likeness (QED) is 0.713. The van der Waals surface area contributed by atoms with Gasteiger partial charge in [0.05, 0.1) is 12.1 Å². The van der Waals surface area contributed by atoms with Crippen LogP contribution in [0.1, 0.15) is 47.0 Å². The van der Waals surface area contributed by atoms with Crippen LogP contribution in [-0.2, 0) is 0 Å². The largest absolute Gasteiger partial charge is 0.394 e. The van der Waals surface area contributed by atoms with Crippen LogP contribution in [0.2, 0.25) is 0 Å². The molecule has 2 aliphatic rings. The molecule has 0 amide bonds. The fourth-order valence-corrected chi connectivity index (χ4v) is 3.75. The predicted molar refractivity (Wildman–Crippen MR) is 88.6 cm³/mol. The number of hydrogen-bond acceptors (Lipinski definition) is 4. The molecule has 0 bridgehead atoms. The molecule has 21 heavy (non-hydrogen) atoms. The van der Waals surface area contributed by atoms with Gasteiger partial charge in [0.25, 0.3) is 0 Å². The molecule has 0 radical (unpaired) electrons. The second kappa shape index (κ2) is 7.40. The topological polar surface area (TPSA) is 38.7 Å². The van der Waals surface area contributed by atoms with Gasteiger partial charge in [-0.05, 0) is 32.1 Å². The van der Waals surface area contributed by atoms with E-state index in [0.29, 0.717) is 18.0 Å². The van der Waals surface area contributed by atoms with Crippen molar-refractivity contribution < 1.29 is 5.11 Å². The fraction of sp³-hybridized carbons (Fsp3) is 1.00. The van der Waals surface area contributed by atoms with Crippen LogP contribution >= 0.6 is 0 Å². The van der Waals surface area contributed by atoms with Gasteiger partial charge in [0.15, 0.2) is 0 Å². The van der Waals surface area contributed by atoms with E-state index in [1.807, 2.05) is 0 Å². The first kappa shape index (κ1) is 17.2. The smallest absolute Gasteiger partial charge is 0.0628 e. The molecular weight excluding hydrogens is 262 g/mol. The molecule has 4 nitrogen and oxygen atoms in total. The van der Waals surface area contributed by atoms with Crippen molar-refractivity contribution in [2.75, 3.05) is 39.3 Å². The number of rotatable bonds is 8. The van der Waals surface area contributed by atoms with Crippen molar-refractivity contribution in [3.05, 3.63) is 0 Å². The molecule has 0 aromatic heterocycles. The summed E-state index contributed by atoms with van der Waals surface area (Å²) in [5, 5.41) is 13.7. The van der Waals surface area contributed by atoms with E-state index in [2.05, 4.69) is 42.8 Å². The molecule has 0 spiro atoms. The number of nitrogens with one attached hydrogen (secondary N) is 1. The van der Waals surface area contributed by atoms with E-state index in [9.17, 15) is 5.11 Å². The summed E-state index contributed by atoms with van der Waals surface area (Å²) >= 11 is 0. The zero-order valence-corrected chi connectivity index (χ0v) is 14.4. The first-order valence-electron chi connectivity index (χ1n) is 8.85. The minimum absolute atomic E-state index is 0.0767. The van der Waals surface area contributed by atoms with Crippen molar-refractivity contribution in [3.63, 3.8) is 0 Å². The highest BCUT2D eigenvalue weighted by molar-refractivity contribution is 5.04. The molecule has 2 fully saturated rings. The van der Waals surface area contributed by atoms with Gasteiger partial charge in [0.1, 0.15) is 0 Å². The molecule has 2 rings (SSSR count). The van der Waals surface area contributed by atoms with Gasteiger partial charge in [-0.2, -0.15) is 0 Å². The van der Waals surface area contributed by atoms with Gasteiger partial charge in [-0.25, -0.2) is 0 Å². The number of hydrogen-bond donors (Lipinski definition) is 2. The van der Waals surface area contributed by atoms with Gasteiger partial charge in [-0.1, -0.05) is 20.8 Å². The number of piperazine rings is 1. The summed E-state index contributed by atoms with van der Waals surface area (Å²) in [6.07, 6.45) is 3.78. The van der Waals surface area contributed by atoms with Crippen LogP contribution in [0, 0.1) is 5.92 Å². The average Bonchev–Trinajstić information content (AvgIpc) is 3.31. The van der Waals surface area contributed by atoms with Crippen LogP contribution in [0.3, 0.4) is 0 Å². The van der Waals surface area contributed by atoms with Crippen LogP contribution in [0.5, 0.6) is 0 Å². The molecular formula is C17H35N3O. The van der Waals surface area contributed by atoms with E-state index in [-0.39, 0.29) is 12.1 Å². The molecule has 1 saturated carbocycles. The maximum Gasteiger partial charge on any atom is 0.0628 e. The van der Waals surface area contributed by atoms with Crippen LogP contribution in [-0.4, -0.2) is 71.9 Å². The average molecular weight is 297 g/mol. The minimum atomic E-state index is -0.0767. The summed E-state index contributed by atoms with van der Waals surface area (Å²) in [4.78, 5) is 5.16. The van der Waals surface area contributed by atoms with E-state index in [1.54, 1.807) is 0 Å². The molecule has 2 atom stereocenters. The molecule has 4 heteroatoms. The molecule has 2 unspecified atom stereocenters. The monoisotopic (exact) mass is 297 g/mol. The van der Waals surface area contributed by atoms with E-state index in [4.69, 9.17) is 0 Å². The van der Waals surface area contributed by atoms with Gasteiger partial charge in [-0.3, -0.25) is 9.80 Å². The zero-order chi connectivity index (χ0) is 15.5. The molecule has 124 valence electrons. The molecule has 0 aromatic carbocycles. The van der Waals surface area contributed by atoms with Gasteiger partial charge in [0.2, 0.25) is 0 Å². The van der Waals surface area contributed by atoms with Crippen LogP contribution in [0.25, 0.3) is 0 Å². The third-order valence-electron chi connectivity index (χ3n) is 5.34. The van der Waals surface area contributed by atoms with Gasteiger partial charge < -0.3 is 10.4 Å². The maximum absolute atomic E-state index is 10.0. The SMILES string of the molecule is CCC(C)N1CCN(CC(CO)(NC(C)C)C2CC2)CC1. The van der Waals surface area contributed by atoms with Gasteiger partial charge >= 0.3 is 0 Å². The summed E-state index contributed by atoms with van der Waals surface area (Å²) in [5.41, 5.74) is -0.0767. The Morgan fingerprint density at radius 2 is 1.76 bits per heavy atom. The Morgan fingerprint density at radius 1 is 1.14 bits per heavy atom. The van der Waals surface area contributed by atoms with E-state index < -0.39 is 0 Å². The first-order chi connectivity index (χ1) is 10.0. The van der Waals surface area contributed by atoms with Crippen molar-refractivity contribution in [1.82, 2.24) is 15.1 Å². The predicted octanol–water partition coefficient (Wildman–Crippen LogP) is 1.54. The summed E-state index contributed by atoms with van der Waals surface area (Å²) in [7, 11) is 0. The van der Waals surface area contributed by atoms with Crippen molar-refractivity contribution in [2.45, 2.75) is 64.6 Å². The lowest BCUT2D eigenvalue weighted by Gasteiger charge is -2.44. The zero-order valence-electron chi connectivity index (χ0n) is 14.4. The van der Waals surface area contributed by atoms with E-state index >= 15 is 0 Å². The summed E-state index contributed by atoms with van der Waals surface area (Å²) < 4.78 is 0. The molecule has 1 saturated heterocycles. The lowest BCUT2D eigenvalue weighted by molar-refractivity contribution is 0.0451. The Labute approximate surface area is 130 Å². The van der Waals surface area contributed by atoms with Crippen LogP contribution < -0.4 is 5.32 Å². The maximum atomic E-state index is 10.0. The summed E-state index contributed by atoms with van der Waals surface area (Å²) in [6.45, 7) is 14.9. The normalized spacial score (nSPS) is 26.0. The number of aliphatic hydroxyl groups is 1. The van der Waals surface area contributed by atoms with Crippen molar-refractivity contribution in [2.24, 2.45) is 5.92 Å². The van der Waals surface area contributed by atoms with E-state index in [1.165, 1.54) is 32.4 Å². The van der Waals surface area contributed by atoms with Crippen molar-refractivity contribution in [1.29, 1.82) is 0 Å². The van der Waals surface area contributed by atoms with Crippen LogP contribution in [0.15, 0.2) is 0 Å². The molecule has 0 aromatic rings. The standard InChI is InChI=1S/C17H35N3O/c1-5-15(4)20-10-8-19(9-11-20)12-17(13-21,16-6-7-16)18-14(2)3/h14-16,18,21H,5-13H2,1-4H3. The first-order valence-corrected chi connectivity index (χ1v) is 8.85. The Hall–Kier alpha value is -0.160. The highest BCUT2D eigenvalue weighted by Crippen LogP contribution is 2.40. The highest BCUT2D eigenvalue weighted by Gasteiger charge is 2.46. The van der Waals surface area contributed by atoms with Crippen molar-refractivity contribution >= 4 is 0 Å². The second-order valence-electron chi connectivity index (χ2n) is 7.46. The second-order valence-corrected chi connectivity index (χ2v) is 7.46. The Balaban J connectivity index is 1.90. The summed E-state index contributed by atoms with van der Waals surface area (Å²) in [6, 6.07) is 1.13. The van der Waals surface area contributed by atoms with E-state index in [0.717, 1.165) is 19.6 Å². The third kappa shape index (κ3) is 4.41. The number of nitrogens with zero attached hydrogens (tertiary/aromatic N) is 2. The molecule has 1 aliphatic carbocycles. The minimum Gasteiger partial charge on any atom is -0.394 e. The van der Waals surface area contributed by atoms with Crippen LogP contribution in [0.4, 0.5) is 0 Å². The third-order valence-corrected chi connectivity index (χ3v) is 5.34. The lowest BCUT2D eigenvalue weighted by atomic mass is 9.92. The Morgan fingerprint density at radius 3 is 2.19 bits per heavy atom. The van der Waals surface area contributed by atoms with Gasteiger partial charge in [-0.15, -0.1) is 0 Å². The molecule has 1 heterocycles. The Kier molecular flexibility index (Phi) is 6.06. The number of aliphatic hydroxyl groups excluding tert-OH is 1. The summed E-state index contributed by atoms with van der Waals surface area (Å²) in [5.74, 6) is 0.664. The molecule has 2 N–H and O–H groups in total. The van der Waals surface area contributed by atoms with Crippen molar-refractivity contribution in [3.8, 4) is 0 Å². The highest BCUT2D eigenvalue weighted by atomic mass is 16.3. The molecule has 1 aliphatic heterocycles. The fourth-order valence-electron chi connectivity index (χ4n) is 3.75. The lowest BCUT2D eigenvalue weighted by Crippen LogP contribution is -2.62. The van der Waals surface area contributed by atoms with Gasteiger partial charge in [0, 0.05) is 44.8 Å².